The average molecular weight is 403 g/mol. The summed E-state index contributed by atoms with van der Waals surface area (Å²) in [7, 11) is 1.71. The lowest BCUT2D eigenvalue weighted by atomic mass is 9.97. The van der Waals surface area contributed by atoms with E-state index < -0.39 is 0 Å². The zero-order chi connectivity index (χ0) is 21.6. The van der Waals surface area contributed by atoms with Crippen LogP contribution in [0.1, 0.15) is 58.5 Å². The summed E-state index contributed by atoms with van der Waals surface area (Å²) in [6.45, 7) is 7.11. The van der Waals surface area contributed by atoms with E-state index in [-0.39, 0.29) is 23.3 Å². The number of benzene rings is 2. The maximum Gasteiger partial charge on any atom is 0.258 e. The fraction of sp³-hybridized carbons (Fsp3) is 0.292. The SMILES string of the molecule is CCn1c(=O)cc(C(C)C)c2cc(C(=O)N(C)c3ccc4c(c3)C(=O)NC4)ccc21. The first-order valence-electron chi connectivity index (χ1n) is 10.2. The number of amides is 2. The van der Waals surface area contributed by atoms with E-state index >= 15 is 0 Å². The Morgan fingerprint density at radius 3 is 2.60 bits per heavy atom. The van der Waals surface area contributed by atoms with Gasteiger partial charge in [0.15, 0.2) is 0 Å². The Labute approximate surface area is 175 Å². The molecular weight excluding hydrogens is 378 g/mol. The third kappa shape index (κ3) is 3.18. The van der Waals surface area contributed by atoms with Crippen LogP contribution in [0.3, 0.4) is 0 Å². The van der Waals surface area contributed by atoms with E-state index in [1.54, 1.807) is 34.7 Å². The fourth-order valence-electron chi connectivity index (χ4n) is 4.07. The van der Waals surface area contributed by atoms with Crippen LogP contribution in [-0.2, 0) is 13.1 Å². The van der Waals surface area contributed by atoms with Crippen molar-refractivity contribution >= 4 is 28.4 Å². The number of fused-ring (bicyclic) bond motifs is 2. The minimum atomic E-state index is -0.167. The van der Waals surface area contributed by atoms with E-state index in [2.05, 4.69) is 5.32 Å². The van der Waals surface area contributed by atoms with Crippen molar-refractivity contribution in [3.8, 4) is 0 Å². The molecule has 2 heterocycles. The van der Waals surface area contributed by atoms with Gasteiger partial charge in [0.25, 0.3) is 17.4 Å². The number of pyridine rings is 1. The molecule has 1 aliphatic rings. The van der Waals surface area contributed by atoms with Crippen LogP contribution in [0.5, 0.6) is 0 Å². The molecule has 0 fully saturated rings. The van der Waals surface area contributed by atoms with Gasteiger partial charge in [0.1, 0.15) is 0 Å². The third-order valence-electron chi connectivity index (χ3n) is 5.80. The molecular formula is C24H25N3O3. The Hall–Kier alpha value is -3.41. The molecule has 1 N–H and O–H groups in total. The predicted molar refractivity (Wildman–Crippen MR) is 118 cm³/mol. The van der Waals surface area contributed by atoms with Gasteiger partial charge in [0.05, 0.1) is 5.52 Å². The number of hydrogen-bond donors (Lipinski definition) is 1. The van der Waals surface area contributed by atoms with Crippen molar-refractivity contribution in [3.63, 3.8) is 0 Å². The van der Waals surface area contributed by atoms with Crippen molar-refractivity contribution in [1.29, 1.82) is 0 Å². The lowest BCUT2D eigenvalue weighted by Gasteiger charge is -2.20. The molecule has 0 bridgehead atoms. The van der Waals surface area contributed by atoms with E-state index in [9.17, 15) is 14.4 Å². The Morgan fingerprint density at radius 2 is 1.90 bits per heavy atom. The van der Waals surface area contributed by atoms with Gasteiger partial charge in [-0.1, -0.05) is 19.9 Å². The molecule has 6 heteroatoms. The molecule has 0 saturated heterocycles. The number of nitrogens with zero attached hydrogens (tertiary/aromatic N) is 2. The van der Waals surface area contributed by atoms with Gasteiger partial charge in [0.2, 0.25) is 0 Å². The third-order valence-corrected chi connectivity index (χ3v) is 5.80. The Morgan fingerprint density at radius 1 is 1.13 bits per heavy atom. The molecule has 154 valence electrons. The Balaban J connectivity index is 1.78. The molecule has 4 rings (SSSR count). The minimum absolute atomic E-state index is 0.0266. The summed E-state index contributed by atoms with van der Waals surface area (Å²) in [6, 6.07) is 12.6. The smallest absolute Gasteiger partial charge is 0.258 e. The van der Waals surface area contributed by atoms with Crippen LogP contribution < -0.4 is 15.8 Å². The molecule has 0 saturated carbocycles. The summed E-state index contributed by atoms with van der Waals surface area (Å²) in [5.41, 5.74) is 4.50. The number of aryl methyl sites for hydroxylation is 1. The first-order valence-corrected chi connectivity index (χ1v) is 10.2. The lowest BCUT2D eigenvalue weighted by molar-refractivity contribution is 0.0962. The average Bonchev–Trinajstić information content (AvgIpc) is 3.11. The normalized spacial score (nSPS) is 12.9. The van der Waals surface area contributed by atoms with Crippen molar-refractivity contribution < 1.29 is 9.59 Å². The van der Waals surface area contributed by atoms with Crippen LogP contribution in [0.25, 0.3) is 10.9 Å². The highest BCUT2D eigenvalue weighted by Crippen LogP contribution is 2.27. The zero-order valence-corrected chi connectivity index (χ0v) is 17.7. The molecule has 6 nitrogen and oxygen atoms in total. The van der Waals surface area contributed by atoms with E-state index in [0.29, 0.717) is 29.9 Å². The van der Waals surface area contributed by atoms with Gasteiger partial charge in [-0.05, 0) is 54.3 Å². The first kappa shape index (κ1) is 19.9. The number of carbonyl (C=O) groups excluding carboxylic acids is 2. The van der Waals surface area contributed by atoms with Crippen LogP contribution in [0.15, 0.2) is 47.3 Å². The standard InChI is InChI=1S/C24H25N3O3/c1-5-27-21-9-7-15(10-20(21)18(14(2)3)12-22(27)28)24(30)26(4)17-8-6-16-13-25-23(29)19(16)11-17/h6-12,14H,5,13H2,1-4H3,(H,25,29). The van der Waals surface area contributed by atoms with Crippen molar-refractivity contribution in [2.45, 2.75) is 39.8 Å². The topological polar surface area (TPSA) is 71.4 Å². The quantitative estimate of drug-likeness (QED) is 0.723. The second-order valence-corrected chi connectivity index (χ2v) is 7.96. The largest absolute Gasteiger partial charge is 0.348 e. The number of carbonyl (C=O) groups is 2. The minimum Gasteiger partial charge on any atom is -0.348 e. The summed E-state index contributed by atoms with van der Waals surface area (Å²) in [5, 5.41) is 3.71. The second-order valence-electron chi connectivity index (χ2n) is 7.96. The van der Waals surface area contributed by atoms with Gasteiger partial charge < -0.3 is 14.8 Å². The first-order chi connectivity index (χ1) is 14.3. The number of hydrogen-bond acceptors (Lipinski definition) is 3. The van der Waals surface area contributed by atoms with E-state index in [4.69, 9.17) is 0 Å². The predicted octanol–water partition coefficient (Wildman–Crippen LogP) is 3.66. The van der Waals surface area contributed by atoms with Crippen LogP contribution >= 0.6 is 0 Å². The van der Waals surface area contributed by atoms with E-state index in [1.807, 2.05) is 45.0 Å². The number of rotatable bonds is 4. The van der Waals surface area contributed by atoms with Gasteiger partial charge in [-0.3, -0.25) is 14.4 Å². The molecule has 30 heavy (non-hydrogen) atoms. The van der Waals surface area contributed by atoms with Crippen molar-refractivity contribution in [2.24, 2.45) is 0 Å². The molecule has 0 radical (unpaired) electrons. The highest BCUT2D eigenvalue weighted by molar-refractivity contribution is 6.08. The number of anilines is 1. The molecule has 0 aliphatic carbocycles. The van der Waals surface area contributed by atoms with E-state index in [1.165, 1.54) is 0 Å². The molecule has 2 amide bonds. The summed E-state index contributed by atoms with van der Waals surface area (Å²) in [6.07, 6.45) is 0. The van der Waals surface area contributed by atoms with Crippen LogP contribution in [0.2, 0.25) is 0 Å². The number of aromatic nitrogens is 1. The van der Waals surface area contributed by atoms with Gasteiger partial charge in [-0.25, -0.2) is 0 Å². The molecule has 0 atom stereocenters. The van der Waals surface area contributed by atoms with E-state index in [0.717, 1.165) is 22.0 Å². The van der Waals surface area contributed by atoms with Crippen molar-refractivity contribution in [2.75, 3.05) is 11.9 Å². The molecule has 0 unspecified atom stereocenters. The summed E-state index contributed by atoms with van der Waals surface area (Å²) in [5.74, 6) is -0.123. The lowest BCUT2D eigenvalue weighted by Crippen LogP contribution is -2.27. The van der Waals surface area contributed by atoms with Gasteiger partial charge in [-0.2, -0.15) is 0 Å². The highest BCUT2D eigenvalue weighted by atomic mass is 16.2. The summed E-state index contributed by atoms with van der Waals surface area (Å²) < 4.78 is 1.72. The van der Waals surface area contributed by atoms with Crippen LogP contribution in [-0.4, -0.2) is 23.4 Å². The van der Waals surface area contributed by atoms with Crippen LogP contribution in [0.4, 0.5) is 5.69 Å². The molecule has 2 aromatic carbocycles. The Kier molecular flexibility index (Phi) is 4.94. The maximum atomic E-state index is 13.2. The monoisotopic (exact) mass is 403 g/mol. The molecule has 1 aliphatic heterocycles. The summed E-state index contributed by atoms with van der Waals surface area (Å²) in [4.78, 5) is 39.2. The maximum absolute atomic E-state index is 13.2. The van der Waals surface area contributed by atoms with Crippen molar-refractivity contribution in [3.05, 3.63) is 75.1 Å². The van der Waals surface area contributed by atoms with Crippen LogP contribution in [0, 0.1) is 0 Å². The number of nitrogens with one attached hydrogen (secondary N) is 1. The summed E-state index contributed by atoms with van der Waals surface area (Å²) >= 11 is 0. The molecule has 1 aromatic heterocycles. The van der Waals surface area contributed by atoms with Crippen molar-refractivity contribution in [1.82, 2.24) is 9.88 Å². The fourth-order valence-corrected chi connectivity index (χ4v) is 4.07. The second kappa shape index (κ2) is 7.44. The Bertz CT molecular complexity index is 1240. The molecule has 0 spiro atoms. The van der Waals surface area contributed by atoms with Gasteiger partial charge in [-0.15, -0.1) is 0 Å². The van der Waals surface area contributed by atoms with Gasteiger partial charge >= 0.3 is 0 Å². The highest BCUT2D eigenvalue weighted by Gasteiger charge is 2.22. The molecule has 3 aromatic rings. The zero-order valence-electron chi connectivity index (χ0n) is 17.7. The van der Waals surface area contributed by atoms with Gasteiger partial charge in [0, 0.05) is 48.4 Å².